The molecule has 1 rings (SSSR count). The largest absolute Gasteiger partial charge is 0.467 e. The van der Waals surface area contributed by atoms with Crippen molar-refractivity contribution in [3.63, 3.8) is 0 Å². The molecule has 0 aromatic heterocycles. The number of ether oxygens (including phenoxy) is 1. The first kappa shape index (κ1) is 11.0. The SMILES string of the molecule is COC(=O)C(O)c1c(C)cccc1Cl. The molecule has 1 aromatic carbocycles. The van der Waals surface area contributed by atoms with Gasteiger partial charge in [0.2, 0.25) is 0 Å². The van der Waals surface area contributed by atoms with Crippen LogP contribution in [0.5, 0.6) is 0 Å². The molecular weight excluding hydrogens is 204 g/mol. The molecule has 0 saturated heterocycles. The molecule has 0 aliphatic carbocycles. The van der Waals surface area contributed by atoms with Crippen LogP contribution in [0.3, 0.4) is 0 Å². The second-order valence-corrected chi connectivity index (χ2v) is 3.30. The van der Waals surface area contributed by atoms with Crippen molar-refractivity contribution in [2.45, 2.75) is 13.0 Å². The molecule has 1 aromatic rings. The highest BCUT2D eigenvalue weighted by atomic mass is 35.5. The van der Waals surface area contributed by atoms with Gasteiger partial charge in [0.1, 0.15) is 0 Å². The van der Waals surface area contributed by atoms with Crippen LogP contribution in [-0.4, -0.2) is 18.2 Å². The van der Waals surface area contributed by atoms with Crippen molar-refractivity contribution in [2.75, 3.05) is 7.11 Å². The highest BCUT2D eigenvalue weighted by Gasteiger charge is 2.22. The topological polar surface area (TPSA) is 46.5 Å². The van der Waals surface area contributed by atoms with E-state index in [1.165, 1.54) is 7.11 Å². The third kappa shape index (κ3) is 2.05. The molecule has 1 N–H and O–H groups in total. The maximum absolute atomic E-state index is 11.1. The Morgan fingerprint density at radius 3 is 2.71 bits per heavy atom. The number of carbonyl (C=O) groups excluding carboxylic acids is 1. The maximum atomic E-state index is 11.1. The second-order valence-electron chi connectivity index (χ2n) is 2.90. The van der Waals surface area contributed by atoms with Crippen molar-refractivity contribution >= 4 is 17.6 Å². The van der Waals surface area contributed by atoms with Gasteiger partial charge >= 0.3 is 5.97 Å². The normalized spacial score (nSPS) is 12.3. The molecule has 14 heavy (non-hydrogen) atoms. The minimum absolute atomic E-state index is 0.364. The zero-order chi connectivity index (χ0) is 10.7. The molecule has 0 saturated carbocycles. The molecule has 3 nitrogen and oxygen atoms in total. The molecule has 0 aliphatic heterocycles. The van der Waals surface area contributed by atoms with Crippen LogP contribution in [0.1, 0.15) is 17.2 Å². The van der Waals surface area contributed by atoms with Gasteiger partial charge in [-0.1, -0.05) is 23.7 Å². The number of carbonyl (C=O) groups is 1. The summed E-state index contributed by atoms with van der Waals surface area (Å²) in [6.45, 7) is 1.77. The van der Waals surface area contributed by atoms with E-state index in [1.54, 1.807) is 25.1 Å². The number of aryl methyl sites for hydroxylation is 1. The Kier molecular flexibility index (Phi) is 3.49. The average molecular weight is 215 g/mol. The number of hydrogen-bond donors (Lipinski definition) is 1. The van der Waals surface area contributed by atoms with E-state index in [-0.39, 0.29) is 0 Å². The van der Waals surface area contributed by atoms with E-state index in [0.29, 0.717) is 10.6 Å². The van der Waals surface area contributed by atoms with Crippen LogP contribution in [0, 0.1) is 6.92 Å². The first-order chi connectivity index (χ1) is 6.57. The van der Waals surface area contributed by atoms with Gasteiger partial charge in [-0.2, -0.15) is 0 Å². The van der Waals surface area contributed by atoms with Crippen LogP contribution in [0.2, 0.25) is 5.02 Å². The van der Waals surface area contributed by atoms with E-state index in [1.807, 2.05) is 0 Å². The number of rotatable bonds is 2. The molecule has 1 atom stereocenters. The minimum atomic E-state index is -1.31. The lowest BCUT2D eigenvalue weighted by Crippen LogP contribution is -2.15. The molecule has 0 bridgehead atoms. The van der Waals surface area contributed by atoms with E-state index in [2.05, 4.69) is 4.74 Å². The summed E-state index contributed by atoms with van der Waals surface area (Å²) in [5.41, 5.74) is 1.16. The fraction of sp³-hybridized carbons (Fsp3) is 0.300. The van der Waals surface area contributed by atoms with E-state index in [4.69, 9.17) is 11.6 Å². The van der Waals surface area contributed by atoms with E-state index in [9.17, 15) is 9.90 Å². The summed E-state index contributed by atoms with van der Waals surface area (Å²) < 4.78 is 4.43. The fourth-order valence-electron chi connectivity index (χ4n) is 1.22. The number of hydrogen-bond acceptors (Lipinski definition) is 3. The molecule has 0 radical (unpaired) electrons. The lowest BCUT2D eigenvalue weighted by molar-refractivity contribution is -0.150. The summed E-state index contributed by atoms with van der Waals surface area (Å²) in [5.74, 6) is -0.707. The Bertz CT molecular complexity index is 329. The van der Waals surface area contributed by atoms with Gasteiger partial charge in [-0.15, -0.1) is 0 Å². The summed E-state index contributed by atoms with van der Waals surface area (Å²) in [6.07, 6.45) is -1.31. The number of benzene rings is 1. The van der Waals surface area contributed by atoms with Crippen LogP contribution < -0.4 is 0 Å². The molecule has 0 amide bonds. The standard InChI is InChI=1S/C10H11ClO3/c1-6-4-3-5-7(11)8(6)9(12)10(13)14-2/h3-5,9,12H,1-2H3. The summed E-state index contributed by atoms with van der Waals surface area (Å²) in [5, 5.41) is 9.96. The number of esters is 1. The maximum Gasteiger partial charge on any atom is 0.339 e. The van der Waals surface area contributed by atoms with Crippen molar-refractivity contribution in [3.05, 3.63) is 34.3 Å². The lowest BCUT2D eigenvalue weighted by atomic mass is 10.0. The summed E-state index contributed by atoms with van der Waals surface area (Å²) in [7, 11) is 1.22. The molecular formula is C10H11ClO3. The second kappa shape index (κ2) is 4.44. The molecule has 4 heteroatoms. The Morgan fingerprint density at radius 1 is 1.57 bits per heavy atom. The van der Waals surface area contributed by atoms with Crippen LogP contribution in [0.25, 0.3) is 0 Å². The van der Waals surface area contributed by atoms with Crippen molar-refractivity contribution in [1.82, 2.24) is 0 Å². The molecule has 0 heterocycles. The van der Waals surface area contributed by atoms with Gasteiger partial charge in [0.15, 0.2) is 6.10 Å². The monoisotopic (exact) mass is 214 g/mol. The van der Waals surface area contributed by atoms with E-state index < -0.39 is 12.1 Å². The van der Waals surface area contributed by atoms with Gasteiger partial charge in [0.05, 0.1) is 7.11 Å². The minimum Gasteiger partial charge on any atom is -0.467 e. The van der Waals surface area contributed by atoms with Crippen molar-refractivity contribution in [1.29, 1.82) is 0 Å². The number of halogens is 1. The van der Waals surface area contributed by atoms with Crippen LogP contribution in [0.15, 0.2) is 18.2 Å². The lowest BCUT2D eigenvalue weighted by Gasteiger charge is -2.12. The van der Waals surface area contributed by atoms with Gasteiger partial charge in [0, 0.05) is 10.6 Å². The van der Waals surface area contributed by atoms with Crippen LogP contribution >= 0.6 is 11.6 Å². The van der Waals surface area contributed by atoms with Crippen LogP contribution in [0.4, 0.5) is 0 Å². The van der Waals surface area contributed by atoms with Gasteiger partial charge in [-0.3, -0.25) is 0 Å². The predicted octanol–water partition coefficient (Wildman–Crippen LogP) is 1.85. The molecule has 1 unspecified atom stereocenters. The summed E-state index contributed by atoms with van der Waals surface area (Å²) in [4.78, 5) is 11.1. The van der Waals surface area contributed by atoms with Crippen molar-refractivity contribution in [2.24, 2.45) is 0 Å². The van der Waals surface area contributed by atoms with Gasteiger partial charge in [-0.25, -0.2) is 4.79 Å². The molecule has 76 valence electrons. The number of aliphatic hydroxyl groups excluding tert-OH is 1. The fourth-order valence-corrected chi connectivity index (χ4v) is 1.55. The average Bonchev–Trinajstić information content (AvgIpc) is 2.16. The van der Waals surface area contributed by atoms with E-state index in [0.717, 1.165) is 5.56 Å². The van der Waals surface area contributed by atoms with Gasteiger partial charge in [0.25, 0.3) is 0 Å². The Hall–Kier alpha value is -1.06. The Morgan fingerprint density at radius 2 is 2.21 bits per heavy atom. The number of aliphatic hydroxyl groups is 1. The zero-order valence-electron chi connectivity index (χ0n) is 7.95. The van der Waals surface area contributed by atoms with Crippen molar-refractivity contribution < 1.29 is 14.6 Å². The highest BCUT2D eigenvalue weighted by molar-refractivity contribution is 6.31. The summed E-state index contributed by atoms with van der Waals surface area (Å²) in [6, 6.07) is 5.15. The molecule has 0 fully saturated rings. The first-order valence-electron chi connectivity index (χ1n) is 4.09. The van der Waals surface area contributed by atoms with Crippen LogP contribution in [-0.2, 0) is 9.53 Å². The highest BCUT2D eigenvalue weighted by Crippen LogP contribution is 2.26. The Balaban J connectivity index is 3.11. The Labute approximate surface area is 87.3 Å². The van der Waals surface area contributed by atoms with Gasteiger partial charge in [-0.05, 0) is 18.6 Å². The predicted molar refractivity (Wildman–Crippen MR) is 53.2 cm³/mol. The smallest absolute Gasteiger partial charge is 0.339 e. The molecule has 0 spiro atoms. The zero-order valence-corrected chi connectivity index (χ0v) is 8.71. The molecule has 0 aliphatic rings. The quantitative estimate of drug-likeness (QED) is 0.765. The third-order valence-corrected chi connectivity index (χ3v) is 2.30. The van der Waals surface area contributed by atoms with Crippen molar-refractivity contribution in [3.8, 4) is 0 Å². The number of methoxy groups -OCH3 is 1. The first-order valence-corrected chi connectivity index (χ1v) is 4.46. The third-order valence-electron chi connectivity index (χ3n) is 1.97. The summed E-state index contributed by atoms with van der Waals surface area (Å²) >= 11 is 5.86. The van der Waals surface area contributed by atoms with Gasteiger partial charge < -0.3 is 9.84 Å². The van der Waals surface area contributed by atoms with E-state index >= 15 is 0 Å².